The predicted molar refractivity (Wildman–Crippen MR) is 122 cm³/mol. The van der Waals surface area contributed by atoms with Crippen LogP contribution in [0.1, 0.15) is 41.6 Å². The highest BCUT2D eigenvalue weighted by atomic mass is 16.5. The number of carbonyl (C=O) groups excluding carboxylic acids is 3. The van der Waals surface area contributed by atoms with Gasteiger partial charge in [-0.25, -0.2) is 0 Å². The molecule has 2 aliphatic rings. The Labute approximate surface area is 188 Å². The zero-order chi connectivity index (χ0) is 22.5. The van der Waals surface area contributed by atoms with Crippen molar-refractivity contribution in [1.82, 2.24) is 10.2 Å². The van der Waals surface area contributed by atoms with Crippen molar-refractivity contribution in [1.29, 1.82) is 0 Å². The van der Waals surface area contributed by atoms with Crippen molar-refractivity contribution in [3.05, 3.63) is 59.7 Å². The van der Waals surface area contributed by atoms with Gasteiger partial charge in [-0.15, -0.1) is 0 Å². The Morgan fingerprint density at radius 1 is 1.00 bits per heavy atom. The van der Waals surface area contributed by atoms with Crippen LogP contribution in [-0.2, 0) is 9.59 Å². The highest BCUT2D eigenvalue weighted by Crippen LogP contribution is 2.30. The van der Waals surface area contributed by atoms with Gasteiger partial charge in [-0.2, -0.15) is 0 Å². The van der Waals surface area contributed by atoms with Crippen molar-refractivity contribution in [2.24, 2.45) is 5.92 Å². The number of carbonyl (C=O) groups is 3. The third kappa shape index (κ3) is 5.66. The number of hydrogen-bond acceptors (Lipinski definition) is 4. The van der Waals surface area contributed by atoms with Gasteiger partial charge in [0.2, 0.25) is 5.91 Å². The van der Waals surface area contributed by atoms with Gasteiger partial charge in [-0.1, -0.05) is 24.3 Å². The van der Waals surface area contributed by atoms with Gasteiger partial charge in [0.15, 0.2) is 6.61 Å². The van der Waals surface area contributed by atoms with E-state index in [0.29, 0.717) is 42.9 Å². The van der Waals surface area contributed by atoms with Crippen molar-refractivity contribution in [2.75, 3.05) is 25.0 Å². The summed E-state index contributed by atoms with van der Waals surface area (Å²) in [6, 6.07) is 14.7. The second-order valence-corrected chi connectivity index (χ2v) is 8.52. The SMILES string of the molecule is Cc1ccccc1C(=O)NC1CCN(C(=O)COc2cccc(NC(=O)C3CC3)c2)CC1. The minimum atomic E-state index is -0.0823. The van der Waals surface area contributed by atoms with Crippen LogP contribution in [-0.4, -0.2) is 48.4 Å². The molecule has 32 heavy (non-hydrogen) atoms. The van der Waals surface area contributed by atoms with Crippen LogP contribution in [0.4, 0.5) is 5.69 Å². The summed E-state index contributed by atoms with van der Waals surface area (Å²) >= 11 is 0. The molecule has 1 aliphatic carbocycles. The summed E-state index contributed by atoms with van der Waals surface area (Å²) in [6.45, 7) is 3.03. The minimum Gasteiger partial charge on any atom is -0.484 e. The fraction of sp³-hybridized carbons (Fsp3) is 0.400. The minimum absolute atomic E-state index is 0.0376. The number of nitrogens with one attached hydrogen (secondary N) is 2. The Kier molecular flexibility index (Phi) is 6.73. The number of hydrogen-bond donors (Lipinski definition) is 2. The Balaban J connectivity index is 1.21. The number of piperidine rings is 1. The van der Waals surface area contributed by atoms with Gasteiger partial charge in [0, 0.05) is 42.4 Å². The average molecular weight is 436 g/mol. The molecule has 0 atom stereocenters. The van der Waals surface area contributed by atoms with Gasteiger partial charge in [-0.05, 0) is 56.4 Å². The molecule has 2 N–H and O–H groups in total. The standard InChI is InChI=1S/C25H29N3O4/c1-17-5-2-3-8-22(17)25(31)26-19-11-13-28(14-12-19)23(29)16-32-21-7-4-6-20(15-21)27-24(30)18-9-10-18/h2-8,15,18-19H,9-14,16H2,1H3,(H,26,31)(H,27,30). The molecule has 2 fully saturated rings. The van der Waals surface area contributed by atoms with Gasteiger partial charge < -0.3 is 20.3 Å². The topological polar surface area (TPSA) is 87.7 Å². The molecule has 1 saturated heterocycles. The molecule has 0 bridgehead atoms. The molecule has 0 aromatic heterocycles. The molecule has 7 heteroatoms. The number of nitrogens with zero attached hydrogens (tertiary/aromatic N) is 1. The molecule has 0 radical (unpaired) electrons. The lowest BCUT2D eigenvalue weighted by molar-refractivity contribution is -0.134. The van der Waals surface area contributed by atoms with E-state index in [-0.39, 0.29) is 36.3 Å². The number of likely N-dealkylation sites (tertiary alicyclic amines) is 1. The van der Waals surface area contributed by atoms with Gasteiger partial charge in [0.05, 0.1) is 0 Å². The van der Waals surface area contributed by atoms with Crippen LogP contribution in [0.15, 0.2) is 48.5 Å². The Bertz CT molecular complexity index is 994. The normalized spacial score (nSPS) is 16.3. The molecule has 1 aliphatic heterocycles. The summed E-state index contributed by atoms with van der Waals surface area (Å²) in [7, 11) is 0. The Morgan fingerprint density at radius 3 is 2.47 bits per heavy atom. The number of benzene rings is 2. The number of anilines is 1. The monoisotopic (exact) mass is 435 g/mol. The molecule has 1 saturated carbocycles. The first-order valence-electron chi connectivity index (χ1n) is 11.2. The maximum atomic E-state index is 12.6. The van der Waals surface area contributed by atoms with E-state index >= 15 is 0 Å². The number of amides is 3. The summed E-state index contributed by atoms with van der Waals surface area (Å²) in [4.78, 5) is 38.8. The first-order valence-corrected chi connectivity index (χ1v) is 11.2. The molecule has 2 aromatic carbocycles. The van der Waals surface area contributed by atoms with Crippen molar-refractivity contribution in [3.8, 4) is 5.75 Å². The van der Waals surface area contributed by atoms with Crippen molar-refractivity contribution < 1.29 is 19.1 Å². The van der Waals surface area contributed by atoms with Gasteiger partial charge >= 0.3 is 0 Å². The highest BCUT2D eigenvalue weighted by Gasteiger charge is 2.29. The van der Waals surface area contributed by atoms with Crippen molar-refractivity contribution >= 4 is 23.4 Å². The molecule has 3 amide bonds. The highest BCUT2D eigenvalue weighted by molar-refractivity contribution is 5.96. The third-order valence-corrected chi connectivity index (χ3v) is 5.98. The third-order valence-electron chi connectivity index (χ3n) is 5.98. The molecule has 0 unspecified atom stereocenters. The van der Waals surface area contributed by atoms with E-state index in [4.69, 9.17) is 4.74 Å². The van der Waals surface area contributed by atoms with Gasteiger partial charge in [-0.3, -0.25) is 14.4 Å². The summed E-state index contributed by atoms with van der Waals surface area (Å²) in [5.41, 5.74) is 2.32. The quantitative estimate of drug-likeness (QED) is 0.699. The number of aryl methyl sites for hydroxylation is 1. The zero-order valence-corrected chi connectivity index (χ0v) is 18.3. The Morgan fingerprint density at radius 2 is 1.75 bits per heavy atom. The molecule has 0 spiro atoms. The summed E-state index contributed by atoms with van der Waals surface area (Å²) in [5, 5.41) is 5.97. The zero-order valence-electron chi connectivity index (χ0n) is 18.3. The van der Waals surface area contributed by atoms with E-state index in [1.807, 2.05) is 37.3 Å². The largest absolute Gasteiger partial charge is 0.484 e. The molecule has 4 rings (SSSR count). The van der Waals surface area contributed by atoms with E-state index in [2.05, 4.69) is 10.6 Å². The van der Waals surface area contributed by atoms with E-state index in [1.165, 1.54) is 0 Å². The van der Waals surface area contributed by atoms with Gasteiger partial charge in [0.1, 0.15) is 5.75 Å². The van der Waals surface area contributed by atoms with Crippen LogP contribution in [0.25, 0.3) is 0 Å². The first kappa shape index (κ1) is 21.9. The smallest absolute Gasteiger partial charge is 0.260 e. The van der Waals surface area contributed by atoms with E-state index in [1.54, 1.807) is 23.1 Å². The van der Waals surface area contributed by atoms with Crippen molar-refractivity contribution in [3.63, 3.8) is 0 Å². The van der Waals surface area contributed by atoms with Crippen LogP contribution in [0.5, 0.6) is 5.75 Å². The van der Waals surface area contributed by atoms with Crippen LogP contribution >= 0.6 is 0 Å². The summed E-state index contributed by atoms with van der Waals surface area (Å²) < 4.78 is 5.67. The lowest BCUT2D eigenvalue weighted by Gasteiger charge is -2.32. The van der Waals surface area contributed by atoms with Crippen LogP contribution in [0.2, 0.25) is 0 Å². The lowest BCUT2D eigenvalue weighted by atomic mass is 10.0. The maximum absolute atomic E-state index is 12.6. The number of ether oxygens (including phenoxy) is 1. The molecular weight excluding hydrogens is 406 g/mol. The lowest BCUT2D eigenvalue weighted by Crippen LogP contribution is -2.47. The van der Waals surface area contributed by atoms with Crippen molar-refractivity contribution in [2.45, 2.75) is 38.6 Å². The second-order valence-electron chi connectivity index (χ2n) is 8.52. The molecular formula is C25H29N3O4. The molecule has 2 aromatic rings. The fourth-order valence-electron chi connectivity index (χ4n) is 3.85. The summed E-state index contributed by atoms with van der Waals surface area (Å²) in [6.07, 6.45) is 3.32. The number of rotatable bonds is 7. The van der Waals surface area contributed by atoms with E-state index in [9.17, 15) is 14.4 Å². The van der Waals surface area contributed by atoms with Crippen LogP contribution < -0.4 is 15.4 Å². The molecule has 7 nitrogen and oxygen atoms in total. The Hall–Kier alpha value is -3.35. The molecule has 168 valence electrons. The van der Waals surface area contributed by atoms with Crippen LogP contribution in [0.3, 0.4) is 0 Å². The average Bonchev–Trinajstić information content (AvgIpc) is 3.64. The summed E-state index contributed by atoms with van der Waals surface area (Å²) in [5.74, 6) is 0.569. The first-order chi connectivity index (χ1) is 15.5. The van der Waals surface area contributed by atoms with E-state index < -0.39 is 0 Å². The molecule has 1 heterocycles. The fourth-order valence-corrected chi connectivity index (χ4v) is 3.85. The van der Waals surface area contributed by atoms with Crippen LogP contribution in [0, 0.1) is 12.8 Å². The van der Waals surface area contributed by atoms with E-state index in [0.717, 1.165) is 18.4 Å². The second kappa shape index (κ2) is 9.85. The maximum Gasteiger partial charge on any atom is 0.260 e. The predicted octanol–water partition coefficient (Wildman–Crippen LogP) is 3.14. The van der Waals surface area contributed by atoms with Gasteiger partial charge in [0.25, 0.3) is 11.8 Å².